The minimum atomic E-state index is -0.178. The lowest BCUT2D eigenvalue weighted by Crippen LogP contribution is -2.10. The van der Waals surface area contributed by atoms with Crippen LogP contribution >= 0.6 is 34.0 Å². The Bertz CT molecular complexity index is 1390. The third kappa shape index (κ3) is 3.21. The van der Waals surface area contributed by atoms with E-state index in [1.165, 1.54) is 11.3 Å². The topological polar surface area (TPSA) is 65.2 Å². The summed E-state index contributed by atoms with van der Waals surface area (Å²) >= 11 is 4.68. The Morgan fingerprint density at radius 2 is 1.67 bits per heavy atom. The molecule has 4 aromatic heterocycles. The van der Waals surface area contributed by atoms with Crippen LogP contribution in [0.25, 0.3) is 41.7 Å². The Labute approximate surface area is 184 Å². The first kappa shape index (κ1) is 19.0. The van der Waals surface area contributed by atoms with Crippen molar-refractivity contribution >= 4 is 49.9 Å². The molecule has 0 radical (unpaired) electrons. The van der Waals surface area contributed by atoms with Crippen LogP contribution in [0.2, 0.25) is 0 Å². The highest BCUT2D eigenvalue weighted by molar-refractivity contribution is 7.22. The number of nitrogen functional groups attached to an aromatic ring is 1. The van der Waals surface area contributed by atoms with Crippen molar-refractivity contribution in [2.75, 3.05) is 12.8 Å². The zero-order valence-electron chi connectivity index (χ0n) is 15.9. The normalized spacial score (nSPS) is 11.1. The van der Waals surface area contributed by atoms with Crippen molar-refractivity contribution in [3.8, 4) is 37.2 Å². The van der Waals surface area contributed by atoms with E-state index in [2.05, 4.69) is 0 Å². The third-order valence-electron chi connectivity index (χ3n) is 4.81. The number of hydrogen-bond donors (Lipinski definition) is 1. The van der Waals surface area contributed by atoms with Gasteiger partial charge in [-0.05, 0) is 58.8 Å². The number of methoxy groups -OCH3 is 1. The van der Waals surface area contributed by atoms with Gasteiger partial charge in [0.25, 0.3) is 0 Å². The molecule has 0 saturated carbocycles. The van der Waals surface area contributed by atoms with E-state index in [0.29, 0.717) is 10.2 Å². The molecular weight excluding hydrogens is 432 g/mol. The molecular formula is C23H16N2O2S3. The molecule has 0 spiro atoms. The van der Waals surface area contributed by atoms with E-state index < -0.39 is 0 Å². The molecule has 5 aromatic rings. The summed E-state index contributed by atoms with van der Waals surface area (Å²) in [5.74, 6) is 0.753. The maximum Gasteiger partial charge on any atom is 0.213 e. The first-order chi connectivity index (χ1) is 14.7. The number of fused-ring (bicyclic) bond motifs is 1. The smallest absolute Gasteiger partial charge is 0.213 e. The number of ether oxygens (including phenoxy) is 1. The van der Waals surface area contributed by atoms with Gasteiger partial charge < -0.3 is 10.5 Å². The van der Waals surface area contributed by atoms with E-state index in [9.17, 15) is 4.79 Å². The molecule has 0 aliphatic rings. The molecule has 7 heteroatoms. The second-order valence-electron chi connectivity index (χ2n) is 6.59. The monoisotopic (exact) mass is 448 g/mol. The highest BCUT2D eigenvalue weighted by atomic mass is 32.1. The number of aromatic nitrogens is 1. The fraction of sp³-hybridized carbons (Fsp3) is 0.0435. The molecule has 0 unspecified atom stereocenters. The number of nitrogens with two attached hydrogens (primary N) is 1. The highest BCUT2D eigenvalue weighted by Gasteiger charge is 2.19. The van der Waals surface area contributed by atoms with Crippen molar-refractivity contribution in [2.24, 2.45) is 0 Å². The lowest BCUT2D eigenvalue weighted by Gasteiger charge is -2.11. The Balaban J connectivity index is 1.82. The fourth-order valence-corrected chi connectivity index (χ4v) is 5.87. The molecule has 148 valence electrons. The van der Waals surface area contributed by atoms with E-state index in [-0.39, 0.29) is 11.1 Å². The van der Waals surface area contributed by atoms with Crippen LogP contribution in [0.4, 0.5) is 5.69 Å². The van der Waals surface area contributed by atoms with Gasteiger partial charge in [0, 0.05) is 10.4 Å². The predicted octanol–water partition coefficient (Wildman–Crippen LogP) is 6.37. The van der Waals surface area contributed by atoms with Crippen molar-refractivity contribution in [1.82, 2.24) is 4.98 Å². The second-order valence-corrected chi connectivity index (χ2v) is 9.49. The second kappa shape index (κ2) is 7.68. The zero-order chi connectivity index (χ0) is 20.7. The van der Waals surface area contributed by atoms with Crippen molar-refractivity contribution in [1.29, 1.82) is 0 Å². The van der Waals surface area contributed by atoms with Crippen LogP contribution in [0.3, 0.4) is 0 Å². The van der Waals surface area contributed by atoms with Gasteiger partial charge in [0.1, 0.15) is 10.6 Å². The average molecular weight is 449 g/mol. The molecule has 0 fully saturated rings. The van der Waals surface area contributed by atoms with Crippen LogP contribution in [-0.2, 0) is 0 Å². The first-order valence-corrected chi connectivity index (χ1v) is 11.7. The number of thiophene rings is 2. The molecule has 4 heterocycles. The van der Waals surface area contributed by atoms with Gasteiger partial charge >= 0.3 is 0 Å². The summed E-state index contributed by atoms with van der Waals surface area (Å²) in [6.07, 6.45) is 0. The van der Waals surface area contributed by atoms with Crippen LogP contribution in [0.5, 0.6) is 5.75 Å². The molecule has 1 aromatic carbocycles. The van der Waals surface area contributed by atoms with Crippen LogP contribution in [0, 0.1) is 0 Å². The van der Waals surface area contributed by atoms with E-state index in [1.807, 2.05) is 65.4 Å². The van der Waals surface area contributed by atoms with Gasteiger partial charge in [0.15, 0.2) is 0 Å². The summed E-state index contributed by atoms with van der Waals surface area (Å²) in [5, 5.41) is 4.62. The molecule has 0 atom stereocenters. The van der Waals surface area contributed by atoms with Crippen LogP contribution in [0.1, 0.15) is 0 Å². The summed E-state index contributed by atoms with van der Waals surface area (Å²) in [6, 6.07) is 17.6. The summed E-state index contributed by atoms with van der Waals surface area (Å²) in [6.45, 7) is 0. The van der Waals surface area contributed by atoms with Gasteiger partial charge in [0.2, 0.25) is 5.43 Å². The van der Waals surface area contributed by atoms with Gasteiger partial charge in [-0.25, -0.2) is 4.98 Å². The van der Waals surface area contributed by atoms with Crippen molar-refractivity contribution in [2.45, 2.75) is 0 Å². The average Bonchev–Trinajstić information content (AvgIpc) is 3.50. The maximum absolute atomic E-state index is 13.4. The molecule has 0 saturated heterocycles. The van der Waals surface area contributed by atoms with Crippen molar-refractivity contribution in [3.63, 3.8) is 0 Å². The minimum Gasteiger partial charge on any atom is -0.497 e. The van der Waals surface area contributed by atoms with E-state index in [4.69, 9.17) is 15.5 Å². The molecule has 5 rings (SSSR count). The van der Waals surface area contributed by atoms with Gasteiger partial charge in [0.05, 0.1) is 33.6 Å². The molecule has 0 amide bonds. The highest BCUT2D eigenvalue weighted by Crippen LogP contribution is 2.39. The lowest BCUT2D eigenvalue weighted by atomic mass is 10.1. The molecule has 30 heavy (non-hydrogen) atoms. The number of pyridine rings is 1. The predicted molar refractivity (Wildman–Crippen MR) is 129 cm³/mol. The zero-order valence-corrected chi connectivity index (χ0v) is 18.4. The van der Waals surface area contributed by atoms with E-state index >= 15 is 0 Å². The fourth-order valence-electron chi connectivity index (χ4n) is 3.34. The van der Waals surface area contributed by atoms with E-state index in [1.54, 1.807) is 29.8 Å². The Morgan fingerprint density at radius 3 is 2.30 bits per heavy atom. The van der Waals surface area contributed by atoms with Gasteiger partial charge in [-0.1, -0.05) is 12.1 Å². The molecule has 4 nitrogen and oxygen atoms in total. The van der Waals surface area contributed by atoms with Gasteiger partial charge in [-0.15, -0.1) is 34.0 Å². The first-order valence-electron chi connectivity index (χ1n) is 9.15. The lowest BCUT2D eigenvalue weighted by molar-refractivity contribution is 0.415. The van der Waals surface area contributed by atoms with Crippen LogP contribution in [0.15, 0.2) is 70.2 Å². The third-order valence-corrected chi connectivity index (χ3v) is 7.76. The largest absolute Gasteiger partial charge is 0.497 e. The summed E-state index contributed by atoms with van der Waals surface area (Å²) in [5.41, 5.74) is 9.04. The number of anilines is 1. The minimum absolute atomic E-state index is 0.178. The SMILES string of the molecule is COc1ccc(-c2sc3nc(-c4cccs4)cc(-c4cccs4)c3c(=O)c2N)cc1. The van der Waals surface area contributed by atoms with Crippen molar-refractivity contribution < 1.29 is 4.74 Å². The van der Waals surface area contributed by atoms with Crippen LogP contribution < -0.4 is 15.9 Å². The Morgan fingerprint density at radius 1 is 0.967 bits per heavy atom. The summed E-state index contributed by atoms with van der Waals surface area (Å²) in [7, 11) is 1.62. The number of rotatable bonds is 4. The molecule has 0 bridgehead atoms. The Kier molecular flexibility index (Phi) is 4.86. The quantitative estimate of drug-likeness (QED) is 0.347. The van der Waals surface area contributed by atoms with Gasteiger partial charge in [-0.2, -0.15) is 0 Å². The number of hydrogen-bond acceptors (Lipinski definition) is 7. The van der Waals surface area contributed by atoms with E-state index in [0.717, 1.165) is 37.2 Å². The Hall–Kier alpha value is -3.00. The molecule has 2 N–H and O–H groups in total. The van der Waals surface area contributed by atoms with Gasteiger partial charge in [-0.3, -0.25) is 4.79 Å². The summed E-state index contributed by atoms with van der Waals surface area (Å²) in [4.78, 5) is 21.8. The standard InChI is InChI=1S/C23H16N2O2S3/c1-27-14-8-6-13(7-9-14)22-20(24)21(26)19-15(17-4-2-10-28-17)12-16(25-23(19)30-22)18-5-3-11-29-18/h2-12H,24H2,1H3. The molecule has 0 aliphatic heterocycles. The molecule has 0 aliphatic carbocycles. The number of nitrogens with zero attached hydrogens (tertiary/aromatic N) is 1. The maximum atomic E-state index is 13.4. The van der Waals surface area contributed by atoms with Crippen LogP contribution in [-0.4, -0.2) is 12.1 Å². The summed E-state index contributed by atoms with van der Waals surface area (Å²) < 4.78 is 5.24. The number of benzene rings is 1. The van der Waals surface area contributed by atoms with Crippen molar-refractivity contribution in [3.05, 3.63) is 75.6 Å².